The number of nitrogens with zero attached hydrogens (tertiary/aromatic N) is 2. The van der Waals surface area contributed by atoms with Crippen molar-refractivity contribution in [2.24, 2.45) is 5.10 Å². The minimum atomic E-state index is -0.432. The summed E-state index contributed by atoms with van der Waals surface area (Å²) in [6.07, 6.45) is 0.297. The Morgan fingerprint density at radius 3 is 2.27 bits per heavy atom. The zero-order valence-electron chi connectivity index (χ0n) is 24.4. The summed E-state index contributed by atoms with van der Waals surface area (Å²) in [5, 5.41) is 10.5. The molecule has 0 fully saturated rings. The molecule has 1 aliphatic rings. The topological polar surface area (TPSA) is 94.6 Å². The van der Waals surface area contributed by atoms with E-state index in [2.05, 4.69) is 10.3 Å². The van der Waals surface area contributed by atoms with Crippen LogP contribution in [0.3, 0.4) is 0 Å². The van der Waals surface area contributed by atoms with Crippen LogP contribution in [-0.4, -0.2) is 27.5 Å². The summed E-state index contributed by atoms with van der Waals surface area (Å²) in [6.45, 7) is 3.87. The van der Waals surface area contributed by atoms with Crippen molar-refractivity contribution in [2.45, 2.75) is 39.2 Å². The summed E-state index contributed by atoms with van der Waals surface area (Å²) in [5.41, 5.74) is 6.36. The van der Waals surface area contributed by atoms with Crippen LogP contribution in [0, 0.1) is 13.8 Å². The van der Waals surface area contributed by atoms with E-state index in [0.29, 0.717) is 33.8 Å². The molecule has 0 unspecified atom stereocenters. The zero-order valence-corrected chi connectivity index (χ0v) is 25.2. The van der Waals surface area contributed by atoms with E-state index in [9.17, 15) is 14.4 Å². The second-order valence-corrected chi connectivity index (χ2v) is 11.4. The summed E-state index contributed by atoms with van der Waals surface area (Å²) < 4.78 is 0. The van der Waals surface area contributed by atoms with Crippen molar-refractivity contribution in [3.63, 3.8) is 0 Å². The fraction of sp³-hybridized carbons (Fsp3) is 0.167. The molecule has 4 aromatic carbocycles. The number of anilines is 1. The molecule has 2 heterocycles. The number of rotatable bonds is 7. The number of carbonyl (C=O) groups excluding carboxylic acids is 2. The Bertz CT molecular complexity index is 1950. The van der Waals surface area contributed by atoms with E-state index in [0.717, 1.165) is 33.3 Å². The highest BCUT2D eigenvalue weighted by Crippen LogP contribution is 2.37. The lowest BCUT2D eigenvalue weighted by Gasteiger charge is -2.22. The maximum atomic E-state index is 13.7. The molecule has 1 aromatic heterocycles. The van der Waals surface area contributed by atoms with Crippen molar-refractivity contribution in [1.82, 2.24) is 9.99 Å². The van der Waals surface area contributed by atoms with Crippen molar-refractivity contribution in [3.8, 4) is 11.1 Å². The Kier molecular flexibility index (Phi) is 8.13. The molecule has 0 spiro atoms. The first kappa shape index (κ1) is 29.1. The number of nitrogens with one attached hydrogen (secondary N) is 2. The van der Waals surface area contributed by atoms with Crippen molar-refractivity contribution < 1.29 is 9.59 Å². The Morgan fingerprint density at radius 1 is 0.886 bits per heavy atom. The molecule has 220 valence electrons. The first-order chi connectivity index (χ1) is 21.3. The zero-order chi connectivity index (χ0) is 30.8. The highest BCUT2D eigenvalue weighted by atomic mass is 35.5. The molecular formula is C36H31ClN4O3. The number of carbonyl (C=O) groups is 2. The SMILES string of the molecule is Cc1cccc(C)c1NC(=O)CCC(=O)N1N=C(c2c(-c3ccccc3)c3cc(Cl)ccc3[nH]c2=O)C[C@@H]1c1ccccc1. The second-order valence-electron chi connectivity index (χ2n) is 11.0. The monoisotopic (exact) mass is 602 g/mol. The lowest BCUT2D eigenvalue weighted by molar-refractivity contribution is -0.134. The summed E-state index contributed by atoms with van der Waals surface area (Å²) in [4.78, 5) is 43.4. The van der Waals surface area contributed by atoms with E-state index in [4.69, 9.17) is 16.7 Å². The number of pyridine rings is 1. The number of hydrogen-bond acceptors (Lipinski definition) is 4. The molecular weight excluding hydrogens is 572 g/mol. The molecule has 2 N–H and O–H groups in total. The van der Waals surface area contributed by atoms with Crippen LogP contribution >= 0.6 is 11.6 Å². The summed E-state index contributed by atoms with van der Waals surface area (Å²) in [6, 6.07) is 30.0. The summed E-state index contributed by atoms with van der Waals surface area (Å²) >= 11 is 6.42. The fourth-order valence-corrected chi connectivity index (χ4v) is 5.99. The Labute approximate surface area is 260 Å². The standard InChI is InChI=1S/C36H31ClN4O3/c1-22-10-9-11-23(2)35(22)39-31(42)18-19-32(43)41-30(24-12-5-3-6-13-24)21-29(40-41)34-33(25-14-7-4-8-15-25)27-20-26(37)16-17-28(27)38-36(34)44/h3-17,20,30H,18-19,21H2,1-2H3,(H,38,44)(H,39,42)/t30-/m1/s1. The first-order valence-electron chi connectivity index (χ1n) is 14.5. The minimum absolute atomic E-state index is 0.000205. The molecule has 7 nitrogen and oxygen atoms in total. The molecule has 0 saturated heterocycles. The molecule has 2 amide bonds. The van der Waals surface area contributed by atoms with Gasteiger partial charge in [0.25, 0.3) is 5.56 Å². The maximum absolute atomic E-state index is 13.7. The number of hydrogen-bond donors (Lipinski definition) is 2. The van der Waals surface area contributed by atoms with Gasteiger partial charge in [-0.05, 0) is 54.3 Å². The predicted molar refractivity (Wildman–Crippen MR) is 176 cm³/mol. The number of amides is 2. The van der Waals surface area contributed by atoms with Gasteiger partial charge in [0.2, 0.25) is 11.8 Å². The van der Waals surface area contributed by atoms with Gasteiger partial charge in [0.1, 0.15) is 0 Å². The quantitative estimate of drug-likeness (QED) is 0.201. The third kappa shape index (κ3) is 5.79. The van der Waals surface area contributed by atoms with Gasteiger partial charge in [0.15, 0.2) is 0 Å². The van der Waals surface area contributed by atoms with E-state index in [1.807, 2.05) is 98.8 Å². The normalized spacial score (nSPS) is 14.5. The van der Waals surface area contributed by atoms with Crippen LogP contribution < -0.4 is 10.9 Å². The highest BCUT2D eigenvalue weighted by molar-refractivity contribution is 6.31. The lowest BCUT2D eigenvalue weighted by Crippen LogP contribution is -2.28. The van der Waals surface area contributed by atoms with Crippen molar-refractivity contribution in [1.29, 1.82) is 0 Å². The number of benzene rings is 4. The Morgan fingerprint density at radius 2 is 1.57 bits per heavy atom. The van der Waals surface area contributed by atoms with Crippen molar-refractivity contribution in [2.75, 3.05) is 5.32 Å². The van der Waals surface area contributed by atoms with E-state index in [1.54, 1.807) is 12.1 Å². The van der Waals surface area contributed by atoms with Crippen LogP contribution in [0.15, 0.2) is 107 Å². The lowest BCUT2D eigenvalue weighted by atomic mass is 9.91. The molecule has 0 bridgehead atoms. The van der Waals surface area contributed by atoms with Crippen LogP contribution in [-0.2, 0) is 9.59 Å². The Hall–Kier alpha value is -5.01. The predicted octanol–water partition coefficient (Wildman–Crippen LogP) is 7.56. The minimum Gasteiger partial charge on any atom is -0.326 e. The molecule has 1 atom stereocenters. The van der Waals surface area contributed by atoms with Gasteiger partial charge in [-0.2, -0.15) is 5.10 Å². The number of fused-ring (bicyclic) bond motifs is 1. The maximum Gasteiger partial charge on any atom is 0.258 e. The van der Waals surface area contributed by atoms with Crippen LogP contribution in [0.2, 0.25) is 5.02 Å². The van der Waals surface area contributed by atoms with E-state index >= 15 is 0 Å². The van der Waals surface area contributed by atoms with Gasteiger partial charge in [0.05, 0.1) is 17.3 Å². The van der Waals surface area contributed by atoms with Gasteiger partial charge in [-0.15, -0.1) is 0 Å². The summed E-state index contributed by atoms with van der Waals surface area (Å²) in [7, 11) is 0. The van der Waals surface area contributed by atoms with E-state index < -0.39 is 6.04 Å². The molecule has 5 aromatic rings. The first-order valence-corrected chi connectivity index (χ1v) is 14.9. The average Bonchev–Trinajstić information content (AvgIpc) is 3.47. The van der Waals surface area contributed by atoms with Crippen LogP contribution in [0.5, 0.6) is 0 Å². The molecule has 0 saturated carbocycles. The summed E-state index contributed by atoms with van der Waals surface area (Å²) in [5.74, 6) is -0.545. The largest absolute Gasteiger partial charge is 0.326 e. The van der Waals surface area contributed by atoms with Crippen LogP contribution in [0.4, 0.5) is 5.69 Å². The highest BCUT2D eigenvalue weighted by Gasteiger charge is 2.35. The molecule has 44 heavy (non-hydrogen) atoms. The molecule has 0 radical (unpaired) electrons. The van der Waals surface area contributed by atoms with Gasteiger partial charge in [-0.1, -0.05) is 90.5 Å². The smallest absolute Gasteiger partial charge is 0.258 e. The van der Waals surface area contributed by atoms with Gasteiger partial charge >= 0.3 is 0 Å². The fourth-order valence-electron chi connectivity index (χ4n) is 5.82. The number of aromatic amines is 1. The second kappa shape index (κ2) is 12.3. The average molecular weight is 603 g/mol. The van der Waals surface area contributed by atoms with Gasteiger partial charge in [0, 0.05) is 46.4 Å². The van der Waals surface area contributed by atoms with Gasteiger partial charge in [-0.25, -0.2) is 5.01 Å². The van der Waals surface area contributed by atoms with E-state index in [-0.39, 0.29) is 30.2 Å². The number of aryl methyl sites for hydroxylation is 2. The third-order valence-electron chi connectivity index (χ3n) is 7.99. The third-order valence-corrected chi connectivity index (χ3v) is 8.22. The number of H-pyrrole nitrogens is 1. The number of para-hydroxylation sites is 1. The van der Waals surface area contributed by atoms with Gasteiger partial charge in [-0.3, -0.25) is 14.4 Å². The number of hydrazone groups is 1. The molecule has 6 rings (SSSR count). The molecule has 8 heteroatoms. The van der Waals surface area contributed by atoms with Gasteiger partial charge < -0.3 is 10.3 Å². The van der Waals surface area contributed by atoms with Crippen molar-refractivity contribution in [3.05, 3.63) is 135 Å². The number of aromatic nitrogens is 1. The van der Waals surface area contributed by atoms with E-state index in [1.165, 1.54) is 5.01 Å². The molecule has 1 aliphatic heterocycles. The van der Waals surface area contributed by atoms with Crippen LogP contribution in [0.1, 0.15) is 47.6 Å². The number of halogens is 1. The van der Waals surface area contributed by atoms with Crippen molar-refractivity contribution >= 4 is 45.7 Å². The Balaban J connectivity index is 1.37. The molecule has 0 aliphatic carbocycles. The van der Waals surface area contributed by atoms with Crippen LogP contribution in [0.25, 0.3) is 22.0 Å².